The Kier molecular flexibility index (Phi) is 4.81. The second-order valence-corrected chi connectivity index (χ2v) is 5.35. The summed E-state index contributed by atoms with van der Waals surface area (Å²) in [7, 11) is 0. The van der Waals surface area contributed by atoms with Gasteiger partial charge in [0.1, 0.15) is 12.4 Å². The van der Waals surface area contributed by atoms with Gasteiger partial charge in [-0.2, -0.15) is 5.26 Å². The number of hydrogen-bond donors (Lipinski definition) is 0. The molecule has 1 fully saturated rings. The first-order valence-electron chi connectivity index (χ1n) is 7.09. The third-order valence-corrected chi connectivity index (χ3v) is 3.96. The largest absolute Gasteiger partial charge is 0.492 e. The molecule has 1 aliphatic heterocycles. The van der Waals surface area contributed by atoms with Gasteiger partial charge in [-0.15, -0.1) is 0 Å². The standard InChI is InChI=1S/C16H22N2O/c1-13-5-3-6-14(2)18(13)9-10-19-16-8-4-7-15(11-16)12-17/h4,7-8,11,13-14H,3,5-6,9-10H2,1-2H3. The predicted octanol–water partition coefficient (Wildman–Crippen LogP) is 3.20. The highest BCUT2D eigenvalue weighted by Gasteiger charge is 2.23. The molecule has 102 valence electrons. The Bertz CT molecular complexity index is 442. The van der Waals surface area contributed by atoms with Crippen LogP contribution in [0.1, 0.15) is 38.7 Å². The summed E-state index contributed by atoms with van der Waals surface area (Å²) in [5, 5.41) is 8.85. The number of nitriles is 1. The SMILES string of the molecule is CC1CCCC(C)N1CCOc1cccc(C#N)c1. The molecule has 2 rings (SSSR count). The summed E-state index contributed by atoms with van der Waals surface area (Å²) in [5.41, 5.74) is 0.650. The predicted molar refractivity (Wildman–Crippen MR) is 76.1 cm³/mol. The van der Waals surface area contributed by atoms with Gasteiger partial charge in [0.2, 0.25) is 0 Å². The average Bonchev–Trinajstić information content (AvgIpc) is 2.42. The van der Waals surface area contributed by atoms with E-state index in [9.17, 15) is 0 Å². The van der Waals surface area contributed by atoms with Crippen molar-refractivity contribution in [2.24, 2.45) is 0 Å². The number of hydrogen-bond acceptors (Lipinski definition) is 3. The summed E-state index contributed by atoms with van der Waals surface area (Å²) in [6.07, 6.45) is 3.91. The van der Waals surface area contributed by atoms with Crippen molar-refractivity contribution in [2.45, 2.75) is 45.2 Å². The smallest absolute Gasteiger partial charge is 0.120 e. The minimum atomic E-state index is 0.650. The number of nitrogens with zero attached hydrogens (tertiary/aromatic N) is 2. The van der Waals surface area contributed by atoms with E-state index in [2.05, 4.69) is 24.8 Å². The van der Waals surface area contributed by atoms with E-state index < -0.39 is 0 Å². The van der Waals surface area contributed by atoms with Gasteiger partial charge in [0.05, 0.1) is 11.6 Å². The van der Waals surface area contributed by atoms with Crippen LogP contribution < -0.4 is 4.74 Å². The van der Waals surface area contributed by atoms with Crippen molar-refractivity contribution in [3.05, 3.63) is 29.8 Å². The Labute approximate surface area is 115 Å². The second kappa shape index (κ2) is 6.58. The Hall–Kier alpha value is -1.53. The molecule has 0 N–H and O–H groups in total. The van der Waals surface area contributed by atoms with Crippen LogP contribution in [-0.2, 0) is 0 Å². The molecule has 1 saturated heterocycles. The van der Waals surface area contributed by atoms with Crippen LogP contribution in [0.15, 0.2) is 24.3 Å². The molecule has 0 bridgehead atoms. The van der Waals surface area contributed by atoms with Crippen molar-refractivity contribution in [1.82, 2.24) is 4.90 Å². The zero-order chi connectivity index (χ0) is 13.7. The zero-order valence-electron chi connectivity index (χ0n) is 11.8. The van der Waals surface area contributed by atoms with Gasteiger partial charge in [-0.05, 0) is 44.9 Å². The summed E-state index contributed by atoms with van der Waals surface area (Å²) in [6, 6.07) is 10.8. The van der Waals surface area contributed by atoms with E-state index in [1.54, 1.807) is 12.1 Å². The normalized spacial score (nSPS) is 23.8. The molecule has 19 heavy (non-hydrogen) atoms. The molecule has 0 saturated carbocycles. The molecule has 1 aromatic carbocycles. The minimum absolute atomic E-state index is 0.650. The lowest BCUT2D eigenvalue weighted by Gasteiger charge is -2.38. The lowest BCUT2D eigenvalue weighted by molar-refractivity contribution is 0.0851. The van der Waals surface area contributed by atoms with Gasteiger partial charge in [0.25, 0.3) is 0 Å². The summed E-state index contributed by atoms with van der Waals surface area (Å²) in [4.78, 5) is 2.53. The summed E-state index contributed by atoms with van der Waals surface area (Å²) in [5.74, 6) is 0.788. The van der Waals surface area contributed by atoms with E-state index in [1.807, 2.05) is 12.1 Å². The number of likely N-dealkylation sites (tertiary alicyclic amines) is 1. The van der Waals surface area contributed by atoms with Gasteiger partial charge in [-0.25, -0.2) is 0 Å². The van der Waals surface area contributed by atoms with E-state index >= 15 is 0 Å². The highest BCUT2D eigenvalue weighted by atomic mass is 16.5. The minimum Gasteiger partial charge on any atom is -0.492 e. The molecule has 3 heteroatoms. The van der Waals surface area contributed by atoms with Gasteiger partial charge in [-0.3, -0.25) is 4.90 Å². The van der Waals surface area contributed by atoms with E-state index in [1.165, 1.54) is 19.3 Å². The maximum absolute atomic E-state index is 8.85. The van der Waals surface area contributed by atoms with Gasteiger partial charge >= 0.3 is 0 Å². The quantitative estimate of drug-likeness (QED) is 0.832. The zero-order valence-corrected chi connectivity index (χ0v) is 11.8. The third-order valence-electron chi connectivity index (χ3n) is 3.96. The topological polar surface area (TPSA) is 36.3 Å². The fourth-order valence-corrected chi connectivity index (χ4v) is 2.84. The van der Waals surface area contributed by atoms with Crippen molar-refractivity contribution in [3.8, 4) is 11.8 Å². The first kappa shape index (κ1) is 13.9. The van der Waals surface area contributed by atoms with E-state index in [4.69, 9.17) is 10.00 Å². The molecule has 1 heterocycles. The maximum atomic E-state index is 8.85. The van der Waals surface area contributed by atoms with Gasteiger partial charge in [0.15, 0.2) is 0 Å². The van der Waals surface area contributed by atoms with Crippen molar-refractivity contribution < 1.29 is 4.74 Å². The number of piperidine rings is 1. The molecule has 1 aromatic rings. The molecular formula is C16H22N2O. The third kappa shape index (κ3) is 3.71. The number of ether oxygens (including phenoxy) is 1. The van der Waals surface area contributed by atoms with Crippen LogP contribution >= 0.6 is 0 Å². The van der Waals surface area contributed by atoms with Crippen LogP contribution in [0.2, 0.25) is 0 Å². The van der Waals surface area contributed by atoms with Crippen molar-refractivity contribution in [3.63, 3.8) is 0 Å². The van der Waals surface area contributed by atoms with Crippen molar-refractivity contribution in [1.29, 1.82) is 5.26 Å². The molecule has 0 aliphatic carbocycles. The Morgan fingerprint density at radius 3 is 2.74 bits per heavy atom. The molecule has 2 unspecified atom stereocenters. The van der Waals surface area contributed by atoms with Crippen LogP contribution in [0.25, 0.3) is 0 Å². The molecule has 0 amide bonds. The van der Waals surface area contributed by atoms with Crippen LogP contribution in [0, 0.1) is 11.3 Å². The fourth-order valence-electron chi connectivity index (χ4n) is 2.84. The molecular weight excluding hydrogens is 236 g/mol. The molecule has 3 nitrogen and oxygen atoms in total. The molecule has 0 radical (unpaired) electrons. The summed E-state index contributed by atoms with van der Waals surface area (Å²) < 4.78 is 5.76. The molecule has 2 atom stereocenters. The first-order valence-corrected chi connectivity index (χ1v) is 7.09. The van der Waals surface area contributed by atoms with Crippen molar-refractivity contribution in [2.75, 3.05) is 13.2 Å². The molecule has 1 aliphatic rings. The van der Waals surface area contributed by atoms with Crippen LogP contribution in [-0.4, -0.2) is 30.1 Å². The average molecular weight is 258 g/mol. The van der Waals surface area contributed by atoms with Crippen molar-refractivity contribution >= 4 is 0 Å². The van der Waals surface area contributed by atoms with E-state index in [0.29, 0.717) is 24.3 Å². The first-order chi connectivity index (χ1) is 9.20. The Balaban J connectivity index is 1.84. The van der Waals surface area contributed by atoms with E-state index in [-0.39, 0.29) is 0 Å². The van der Waals surface area contributed by atoms with E-state index in [0.717, 1.165) is 12.3 Å². The Morgan fingerprint density at radius 1 is 1.32 bits per heavy atom. The van der Waals surface area contributed by atoms with Gasteiger partial charge < -0.3 is 4.74 Å². The second-order valence-electron chi connectivity index (χ2n) is 5.35. The van der Waals surface area contributed by atoms with Crippen LogP contribution in [0.5, 0.6) is 5.75 Å². The summed E-state index contributed by atoms with van der Waals surface area (Å²) in [6.45, 7) is 6.24. The van der Waals surface area contributed by atoms with Crippen LogP contribution in [0.3, 0.4) is 0 Å². The fraction of sp³-hybridized carbons (Fsp3) is 0.562. The number of rotatable bonds is 4. The lowest BCUT2D eigenvalue weighted by atomic mass is 9.98. The summed E-state index contributed by atoms with van der Waals surface area (Å²) >= 11 is 0. The van der Waals surface area contributed by atoms with Gasteiger partial charge in [0, 0.05) is 18.6 Å². The van der Waals surface area contributed by atoms with Gasteiger partial charge in [-0.1, -0.05) is 12.5 Å². The lowest BCUT2D eigenvalue weighted by Crippen LogP contribution is -2.45. The maximum Gasteiger partial charge on any atom is 0.120 e. The van der Waals surface area contributed by atoms with Crippen LogP contribution in [0.4, 0.5) is 0 Å². The molecule has 0 spiro atoms. The number of benzene rings is 1. The monoisotopic (exact) mass is 258 g/mol. The highest BCUT2D eigenvalue weighted by molar-refractivity contribution is 5.36. The molecule has 0 aromatic heterocycles. The highest BCUT2D eigenvalue weighted by Crippen LogP contribution is 2.22. The Morgan fingerprint density at radius 2 is 2.05 bits per heavy atom.